The zero-order valence-corrected chi connectivity index (χ0v) is 12.3. The van der Waals surface area contributed by atoms with E-state index in [1.807, 2.05) is 12.1 Å². The Hall–Kier alpha value is -1.55. The molecule has 2 amide bonds. The molecule has 0 aliphatic carbocycles. The fraction of sp³-hybridized carbons (Fsp3) is 0.467. The molecule has 1 atom stereocenters. The Morgan fingerprint density at radius 3 is 2.75 bits per heavy atom. The minimum absolute atomic E-state index is 0.0302. The average Bonchev–Trinajstić information content (AvgIpc) is 2.78. The van der Waals surface area contributed by atoms with Gasteiger partial charge >= 0.3 is 0 Å². The third-order valence-corrected chi connectivity index (χ3v) is 3.64. The summed E-state index contributed by atoms with van der Waals surface area (Å²) in [7, 11) is 0. The predicted octanol–water partition coefficient (Wildman–Crippen LogP) is 2.75. The molecule has 0 aromatic heterocycles. The van der Waals surface area contributed by atoms with Crippen LogP contribution in [0.25, 0.3) is 0 Å². The fourth-order valence-corrected chi connectivity index (χ4v) is 2.44. The second kappa shape index (κ2) is 6.75. The third-order valence-electron chi connectivity index (χ3n) is 3.39. The number of benzene rings is 1. The van der Waals surface area contributed by atoms with Crippen molar-refractivity contribution in [3.63, 3.8) is 0 Å². The van der Waals surface area contributed by atoms with Crippen molar-refractivity contribution in [3.8, 4) is 0 Å². The quantitative estimate of drug-likeness (QED) is 0.908. The van der Waals surface area contributed by atoms with E-state index in [-0.39, 0.29) is 17.9 Å². The molecule has 1 aromatic carbocycles. The van der Waals surface area contributed by atoms with Crippen LogP contribution in [0.4, 0.5) is 5.69 Å². The minimum Gasteiger partial charge on any atom is -0.351 e. The van der Waals surface area contributed by atoms with Crippen molar-refractivity contribution in [1.82, 2.24) is 5.32 Å². The van der Waals surface area contributed by atoms with E-state index < -0.39 is 0 Å². The van der Waals surface area contributed by atoms with Gasteiger partial charge in [-0.15, -0.1) is 0 Å². The van der Waals surface area contributed by atoms with Gasteiger partial charge in [-0.2, -0.15) is 0 Å². The highest BCUT2D eigenvalue weighted by molar-refractivity contribution is 6.30. The van der Waals surface area contributed by atoms with Gasteiger partial charge in [-0.1, -0.05) is 24.9 Å². The van der Waals surface area contributed by atoms with Gasteiger partial charge in [-0.3, -0.25) is 9.59 Å². The van der Waals surface area contributed by atoms with E-state index >= 15 is 0 Å². The van der Waals surface area contributed by atoms with E-state index in [2.05, 4.69) is 12.2 Å². The van der Waals surface area contributed by atoms with Gasteiger partial charge in [-0.05, 0) is 30.7 Å². The lowest BCUT2D eigenvalue weighted by Gasteiger charge is -2.17. The van der Waals surface area contributed by atoms with Crippen LogP contribution in [-0.4, -0.2) is 24.4 Å². The summed E-state index contributed by atoms with van der Waals surface area (Å²) in [6, 6.07) is 7.07. The van der Waals surface area contributed by atoms with Crippen LogP contribution in [0.2, 0.25) is 5.02 Å². The van der Waals surface area contributed by atoms with Crippen LogP contribution in [-0.2, 0) is 9.59 Å². The maximum atomic E-state index is 12.0. The lowest BCUT2D eigenvalue weighted by Crippen LogP contribution is -2.37. The molecule has 5 heteroatoms. The van der Waals surface area contributed by atoms with Gasteiger partial charge in [0.1, 0.15) is 0 Å². The van der Waals surface area contributed by atoms with Crippen LogP contribution in [0.1, 0.15) is 32.6 Å². The van der Waals surface area contributed by atoms with Gasteiger partial charge in [0, 0.05) is 30.1 Å². The first-order valence-electron chi connectivity index (χ1n) is 6.95. The summed E-state index contributed by atoms with van der Waals surface area (Å²) in [5.74, 6) is 0.0655. The number of rotatable bonds is 5. The molecule has 1 saturated heterocycles. The normalized spacial score (nSPS) is 18.4. The number of carbonyl (C=O) groups excluding carboxylic acids is 2. The minimum atomic E-state index is -0.0949. The van der Waals surface area contributed by atoms with Crippen LogP contribution >= 0.6 is 11.6 Å². The van der Waals surface area contributed by atoms with Crippen molar-refractivity contribution in [2.24, 2.45) is 0 Å². The molecule has 0 spiro atoms. The number of nitrogens with one attached hydrogen (secondary N) is 1. The summed E-state index contributed by atoms with van der Waals surface area (Å²) in [6.07, 6.45) is 2.77. The second-order valence-electron chi connectivity index (χ2n) is 5.05. The molecule has 20 heavy (non-hydrogen) atoms. The lowest BCUT2D eigenvalue weighted by atomic mass is 10.2. The van der Waals surface area contributed by atoms with E-state index in [1.165, 1.54) is 0 Å². The van der Waals surface area contributed by atoms with Crippen LogP contribution in [0.3, 0.4) is 0 Å². The molecule has 0 radical (unpaired) electrons. The summed E-state index contributed by atoms with van der Waals surface area (Å²) in [5, 5.41) is 3.57. The molecular formula is C15H19ClN2O2. The maximum absolute atomic E-state index is 12.0. The summed E-state index contributed by atoms with van der Waals surface area (Å²) >= 11 is 5.84. The van der Waals surface area contributed by atoms with Crippen LogP contribution in [0.5, 0.6) is 0 Å². The molecule has 0 saturated carbocycles. The van der Waals surface area contributed by atoms with Crippen molar-refractivity contribution >= 4 is 29.1 Å². The molecule has 1 aliphatic rings. The molecule has 0 unspecified atom stereocenters. The molecule has 1 heterocycles. The molecule has 1 fully saturated rings. The average molecular weight is 295 g/mol. The highest BCUT2D eigenvalue weighted by Gasteiger charge is 2.31. The van der Waals surface area contributed by atoms with Crippen molar-refractivity contribution < 1.29 is 9.59 Å². The highest BCUT2D eigenvalue weighted by atomic mass is 35.5. The van der Waals surface area contributed by atoms with Crippen molar-refractivity contribution in [3.05, 3.63) is 29.3 Å². The molecular weight excluding hydrogens is 276 g/mol. The molecule has 1 aromatic rings. The van der Waals surface area contributed by atoms with Crippen molar-refractivity contribution in [1.29, 1.82) is 0 Å². The Balaban J connectivity index is 1.93. The summed E-state index contributed by atoms with van der Waals surface area (Å²) < 4.78 is 0. The lowest BCUT2D eigenvalue weighted by molar-refractivity contribution is -0.121. The van der Waals surface area contributed by atoms with E-state index in [4.69, 9.17) is 11.6 Å². The zero-order valence-electron chi connectivity index (χ0n) is 11.6. The summed E-state index contributed by atoms with van der Waals surface area (Å²) in [4.78, 5) is 25.4. The molecule has 4 nitrogen and oxygen atoms in total. The predicted molar refractivity (Wildman–Crippen MR) is 79.9 cm³/mol. The van der Waals surface area contributed by atoms with Gasteiger partial charge in [-0.25, -0.2) is 0 Å². The molecule has 108 valence electrons. The van der Waals surface area contributed by atoms with Crippen LogP contribution in [0.15, 0.2) is 24.3 Å². The number of hydrogen-bond donors (Lipinski definition) is 1. The summed E-state index contributed by atoms with van der Waals surface area (Å²) in [6.45, 7) is 2.58. The monoisotopic (exact) mass is 294 g/mol. The number of unbranched alkanes of at least 4 members (excludes halogenated alkanes) is 1. The fourth-order valence-electron chi connectivity index (χ4n) is 2.31. The van der Waals surface area contributed by atoms with E-state index in [1.54, 1.807) is 17.0 Å². The SMILES string of the molecule is CCCCC(=O)N[C@@H]1CC(=O)N(c2ccc(Cl)cc2)C1. The first kappa shape index (κ1) is 14.9. The van der Waals surface area contributed by atoms with E-state index in [0.717, 1.165) is 18.5 Å². The molecule has 0 bridgehead atoms. The first-order chi connectivity index (χ1) is 9.60. The standard InChI is InChI=1S/C15H19ClN2O2/c1-2-3-4-14(19)17-12-9-15(20)18(10-12)13-7-5-11(16)6-8-13/h5-8,12H,2-4,9-10H2,1H3,(H,17,19)/t12-/m1/s1. The zero-order chi connectivity index (χ0) is 14.5. The first-order valence-corrected chi connectivity index (χ1v) is 7.33. The van der Waals surface area contributed by atoms with Crippen molar-refractivity contribution in [2.75, 3.05) is 11.4 Å². The molecule has 2 rings (SSSR count). The van der Waals surface area contributed by atoms with Crippen LogP contribution in [0, 0.1) is 0 Å². The number of halogens is 1. The summed E-state index contributed by atoms with van der Waals surface area (Å²) in [5.41, 5.74) is 0.824. The van der Waals surface area contributed by atoms with E-state index in [9.17, 15) is 9.59 Å². The molecule has 1 N–H and O–H groups in total. The topological polar surface area (TPSA) is 49.4 Å². The Morgan fingerprint density at radius 2 is 2.10 bits per heavy atom. The van der Waals surface area contributed by atoms with Gasteiger partial charge in [0.2, 0.25) is 11.8 Å². The largest absolute Gasteiger partial charge is 0.351 e. The Bertz CT molecular complexity index is 487. The number of anilines is 1. The Labute approximate surface area is 124 Å². The van der Waals surface area contributed by atoms with Crippen molar-refractivity contribution in [2.45, 2.75) is 38.6 Å². The van der Waals surface area contributed by atoms with Crippen LogP contribution < -0.4 is 10.2 Å². The Morgan fingerprint density at radius 1 is 1.40 bits per heavy atom. The number of amides is 2. The van der Waals surface area contributed by atoms with Gasteiger partial charge in [0.05, 0.1) is 6.04 Å². The second-order valence-corrected chi connectivity index (χ2v) is 5.49. The number of nitrogens with zero attached hydrogens (tertiary/aromatic N) is 1. The van der Waals surface area contributed by atoms with Gasteiger partial charge < -0.3 is 10.2 Å². The smallest absolute Gasteiger partial charge is 0.229 e. The third kappa shape index (κ3) is 3.73. The number of hydrogen-bond acceptors (Lipinski definition) is 2. The van der Waals surface area contributed by atoms with Gasteiger partial charge in [0.25, 0.3) is 0 Å². The number of carbonyl (C=O) groups is 2. The maximum Gasteiger partial charge on any atom is 0.229 e. The van der Waals surface area contributed by atoms with Gasteiger partial charge in [0.15, 0.2) is 0 Å². The highest BCUT2D eigenvalue weighted by Crippen LogP contribution is 2.23. The Kier molecular flexibility index (Phi) is 5.01. The molecule has 1 aliphatic heterocycles. The van der Waals surface area contributed by atoms with E-state index in [0.29, 0.717) is 24.4 Å².